The van der Waals surface area contributed by atoms with Crippen LogP contribution in [0.3, 0.4) is 0 Å². The number of rotatable bonds is 40. The predicted molar refractivity (Wildman–Crippen MR) is 201 cm³/mol. The first-order chi connectivity index (χ1) is 22.6. The number of hydrogen-bond acceptors (Lipinski definition) is 4. The van der Waals surface area contributed by atoms with E-state index < -0.39 is 14.8 Å². The summed E-state index contributed by atoms with van der Waals surface area (Å²) in [4.78, 5) is 10.5. The molecule has 0 unspecified atom stereocenters. The van der Waals surface area contributed by atoms with Crippen LogP contribution in [0.15, 0.2) is 0 Å². The van der Waals surface area contributed by atoms with Crippen LogP contribution in [0.1, 0.15) is 226 Å². The fraction of sp³-hybridized carbons (Fsp3) is 0.975. The first kappa shape index (κ1) is 45.6. The highest BCUT2D eigenvalue weighted by Crippen LogP contribution is 2.21. The lowest BCUT2D eigenvalue weighted by Crippen LogP contribution is -2.45. The molecule has 0 saturated carbocycles. The van der Waals surface area contributed by atoms with Crippen LogP contribution in [0.4, 0.5) is 0 Å². The Bertz CT molecular complexity index is 585. The van der Waals surface area contributed by atoms with Crippen LogP contribution in [0.25, 0.3) is 0 Å². The summed E-state index contributed by atoms with van der Waals surface area (Å²) in [5, 5.41) is 8.65. The summed E-state index contributed by atoms with van der Waals surface area (Å²) >= 11 is 0. The second-order valence-corrected chi connectivity index (χ2v) is 16.6. The van der Waals surface area contributed by atoms with Crippen LogP contribution in [0.5, 0.6) is 0 Å². The molecule has 0 saturated heterocycles. The van der Waals surface area contributed by atoms with Crippen LogP contribution in [-0.2, 0) is 18.1 Å². The van der Waals surface area contributed by atoms with Crippen molar-refractivity contribution in [3.05, 3.63) is 0 Å². The van der Waals surface area contributed by atoms with Gasteiger partial charge in [0, 0.05) is 32.3 Å². The molecule has 0 aromatic rings. The van der Waals surface area contributed by atoms with E-state index in [1.165, 1.54) is 180 Å². The highest BCUT2D eigenvalue weighted by atomic mass is 28.4. The van der Waals surface area contributed by atoms with Crippen LogP contribution < -0.4 is 0 Å². The normalized spacial score (nSPS) is 11.9. The molecule has 0 aliphatic carbocycles. The van der Waals surface area contributed by atoms with Crippen molar-refractivity contribution < 1.29 is 23.2 Å². The number of aliphatic carboxylic acids is 1. The maximum absolute atomic E-state index is 10.5. The van der Waals surface area contributed by atoms with E-state index in [0.29, 0.717) is 26.2 Å². The van der Waals surface area contributed by atoms with E-state index in [9.17, 15) is 4.79 Å². The Kier molecular flexibility index (Phi) is 37.0. The molecule has 46 heavy (non-hydrogen) atoms. The molecule has 0 heterocycles. The Labute approximate surface area is 289 Å². The molecule has 0 aliphatic heterocycles. The molecule has 0 bridgehead atoms. The Hall–Kier alpha value is -0.433. The third-order valence-electron chi connectivity index (χ3n) is 9.47. The summed E-state index contributed by atoms with van der Waals surface area (Å²) in [6, 6.07) is 0.966. The molecule has 0 spiro atoms. The van der Waals surface area contributed by atoms with Crippen molar-refractivity contribution in [1.82, 2.24) is 0 Å². The van der Waals surface area contributed by atoms with Crippen molar-refractivity contribution in [2.24, 2.45) is 0 Å². The number of unbranched alkanes of at least 4 members (excludes halogenated alkanes) is 30. The lowest BCUT2D eigenvalue weighted by molar-refractivity contribution is -0.137. The first-order valence-electron chi connectivity index (χ1n) is 20.7. The molecule has 0 radical (unpaired) electrons. The predicted octanol–water partition coefficient (Wildman–Crippen LogP) is 13.6. The average molecular weight is 671 g/mol. The van der Waals surface area contributed by atoms with Crippen molar-refractivity contribution in [2.45, 2.75) is 232 Å². The average Bonchev–Trinajstić information content (AvgIpc) is 3.03. The zero-order valence-corrected chi connectivity index (χ0v) is 32.5. The zero-order valence-electron chi connectivity index (χ0n) is 31.5. The van der Waals surface area contributed by atoms with E-state index in [1.807, 2.05) is 20.8 Å². The van der Waals surface area contributed by atoms with E-state index in [4.69, 9.17) is 18.4 Å². The molecular weight excluding hydrogens is 589 g/mol. The Morgan fingerprint density at radius 1 is 0.370 bits per heavy atom. The number of carbonyl (C=O) groups is 1. The van der Waals surface area contributed by atoms with E-state index in [0.717, 1.165) is 25.3 Å². The summed E-state index contributed by atoms with van der Waals surface area (Å²) in [7, 11) is -2.43. The lowest BCUT2D eigenvalue weighted by atomic mass is 10.0. The van der Waals surface area contributed by atoms with Gasteiger partial charge < -0.3 is 18.4 Å². The van der Waals surface area contributed by atoms with Crippen molar-refractivity contribution in [3.8, 4) is 0 Å². The molecule has 0 aromatic heterocycles. The van der Waals surface area contributed by atoms with Crippen molar-refractivity contribution in [1.29, 1.82) is 0 Å². The molecule has 5 nitrogen and oxygen atoms in total. The van der Waals surface area contributed by atoms with E-state index in [1.54, 1.807) is 0 Å². The quantitative estimate of drug-likeness (QED) is 0.0519. The van der Waals surface area contributed by atoms with Gasteiger partial charge in [0.05, 0.1) is 0 Å². The third kappa shape index (κ3) is 33.5. The number of carboxylic acid groups (broad SMARTS) is 1. The van der Waals surface area contributed by atoms with Gasteiger partial charge in [-0.05, 0) is 33.6 Å². The highest BCUT2D eigenvalue weighted by molar-refractivity contribution is 6.60. The molecule has 0 amide bonds. The van der Waals surface area contributed by atoms with Crippen molar-refractivity contribution in [3.63, 3.8) is 0 Å². The highest BCUT2D eigenvalue weighted by Gasteiger charge is 2.39. The minimum Gasteiger partial charge on any atom is -0.481 e. The zero-order chi connectivity index (χ0) is 33.7. The Morgan fingerprint density at radius 3 is 0.761 bits per heavy atom. The van der Waals surface area contributed by atoms with Gasteiger partial charge in [-0.3, -0.25) is 4.79 Å². The van der Waals surface area contributed by atoms with Gasteiger partial charge in [-0.2, -0.15) is 0 Å². The summed E-state index contributed by atoms with van der Waals surface area (Å²) in [6.45, 7) is 8.16. The van der Waals surface area contributed by atoms with Gasteiger partial charge in [0.1, 0.15) is 0 Å². The van der Waals surface area contributed by atoms with E-state index in [-0.39, 0.29) is 0 Å². The SMILES string of the molecule is CCO[Si](CCCCCCCCCCCCCCCCCCCCCCCCCCCCCCCCCC(=O)O)(OCC)OCC. The molecule has 0 atom stereocenters. The first-order valence-corrected chi connectivity index (χ1v) is 22.7. The van der Waals surface area contributed by atoms with E-state index in [2.05, 4.69) is 0 Å². The third-order valence-corrected chi connectivity index (χ3v) is 12.6. The smallest absolute Gasteiger partial charge is 0.481 e. The second-order valence-electron chi connectivity index (χ2n) is 13.8. The second kappa shape index (κ2) is 37.4. The Morgan fingerprint density at radius 2 is 0.565 bits per heavy atom. The van der Waals surface area contributed by atoms with Crippen LogP contribution in [0, 0.1) is 0 Å². The fourth-order valence-corrected chi connectivity index (χ4v) is 9.43. The van der Waals surface area contributed by atoms with Crippen LogP contribution in [0.2, 0.25) is 6.04 Å². The van der Waals surface area contributed by atoms with Crippen LogP contribution in [-0.4, -0.2) is 39.7 Å². The topological polar surface area (TPSA) is 65.0 Å². The van der Waals surface area contributed by atoms with Gasteiger partial charge in [-0.15, -0.1) is 0 Å². The van der Waals surface area contributed by atoms with Gasteiger partial charge in [0.15, 0.2) is 0 Å². The summed E-state index contributed by atoms with van der Waals surface area (Å²) in [5.41, 5.74) is 0. The van der Waals surface area contributed by atoms with Gasteiger partial charge in [-0.1, -0.05) is 186 Å². The molecule has 6 heteroatoms. The minimum atomic E-state index is -2.43. The standard InChI is InChI=1S/C40H82O5Si/c1-4-43-46(44-5-2,45-6-3)39-37-35-33-31-29-27-25-23-21-19-17-15-13-11-9-7-8-10-12-14-16-18-20-22-24-26-28-30-32-34-36-38-40(41)42/h4-39H2,1-3H3,(H,41,42). The lowest BCUT2D eigenvalue weighted by Gasteiger charge is -2.28. The summed E-state index contributed by atoms with van der Waals surface area (Å²) in [5.74, 6) is -0.651. The molecular formula is C40H82O5Si. The summed E-state index contributed by atoms with van der Waals surface area (Å²) in [6.07, 6.45) is 42.8. The monoisotopic (exact) mass is 671 g/mol. The van der Waals surface area contributed by atoms with Gasteiger partial charge >= 0.3 is 14.8 Å². The fourth-order valence-electron chi connectivity index (χ4n) is 6.75. The van der Waals surface area contributed by atoms with Gasteiger partial charge in [-0.25, -0.2) is 0 Å². The maximum atomic E-state index is 10.5. The van der Waals surface area contributed by atoms with E-state index >= 15 is 0 Å². The van der Waals surface area contributed by atoms with Crippen molar-refractivity contribution >= 4 is 14.8 Å². The molecule has 0 fully saturated rings. The van der Waals surface area contributed by atoms with Gasteiger partial charge in [0.2, 0.25) is 0 Å². The maximum Gasteiger partial charge on any atom is 0.500 e. The molecule has 0 aromatic carbocycles. The molecule has 0 aliphatic rings. The van der Waals surface area contributed by atoms with Crippen molar-refractivity contribution in [2.75, 3.05) is 19.8 Å². The molecule has 1 N–H and O–H groups in total. The minimum absolute atomic E-state index is 0.342. The largest absolute Gasteiger partial charge is 0.500 e. The molecule has 0 rings (SSSR count). The summed E-state index contributed by atoms with van der Waals surface area (Å²) < 4.78 is 17.9. The Balaban J connectivity index is 3.23. The molecule has 276 valence electrons. The number of hydrogen-bond donors (Lipinski definition) is 1. The van der Waals surface area contributed by atoms with Gasteiger partial charge in [0.25, 0.3) is 0 Å². The van der Waals surface area contributed by atoms with Crippen LogP contribution >= 0.6 is 0 Å². The number of carboxylic acids is 1.